The van der Waals surface area contributed by atoms with Gasteiger partial charge in [-0.3, -0.25) is 4.79 Å². The third-order valence-corrected chi connectivity index (χ3v) is 3.86. The van der Waals surface area contributed by atoms with Gasteiger partial charge in [0.25, 0.3) is 5.91 Å². The van der Waals surface area contributed by atoms with Gasteiger partial charge in [-0.1, -0.05) is 17.7 Å². The molecule has 0 aliphatic rings. The largest absolute Gasteiger partial charge is 0.484 e. The second kappa shape index (κ2) is 8.39. The molecule has 2 N–H and O–H groups in total. The Bertz CT molecular complexity index is 768. The number of carbonyl (C=O) groups excluding carboxylic acids is 1. The van der Waals surface area contributed by atoms with E-state index in [4.69, 9.17) is 26.2 Å². The van der Waals surface area contributed by atoms with E-state index in [1.54, 1.807) is 30.3 Å². The van der Waals surface area contributed by atoms with Gasteiger partial charge >= 0.3 is 5.97 Å². The predicted molar refractivity (Wildman–Crippen MR) is 94.6 cm³/mol. The number of carboxylic acid groups (broad SMARTS) is 1. The van der Waals surface area contributed by atoms with Crippen LogP contribution in [0, 0.1) is 13.8 Å². The summed E-state index contributed by atoms with van der Waals surface area (Å²) >= 11 is 6.10. The summed E-state index contributed by atoms with van der Waals surface area (Å²) in [6, 6.07) is 10.00. The topological polar surface area (TPSA) is 84.9 Å². The zero-order valence-corrected chi connectivity index (χ0v) is 14.6. The number of aliphatic carboxylic acids is 1. The van der Waals surface area contributed by atoms with Crippen LogP contribution in [0.2, 0.25) is 5.02 Å². The molecule has 1 amide bonds. The van der Waals surface area contributed by atoms with Crippen LogP contribution in [0.25, 0.3) is 0 Å². The van der Waals surface area contributed by atoms with E-state index < -0.39 is 12.6 Å². The summed E-state index contributed by atoms with van der Waals surface area (Å²) in [5.41, 5.74) is 2.24. The van der Waals surface area contributed by atoms with Crippen molar-refractivity contribution in [1.29, 1.82) is 0 Å². The Hall–Kier alpha value is -2.73. The fourth-order valence-corrected chi connectivity index (χ4v) is 2.25. The molecule has 0 atom stereocenters. The monoisotopic (exact) mass is 363 g/mol. The van der Waals surface area contributed by atoms with Crippen molar-refractivity contribution in [2.75, 3.05) is 18.5 Å². The number of aryl methyl sites for hydroxylation is 2. The van der Waals surface area contributed by atoms with E-state index >= 15 is 0 Å². The van der Waals surface area contributed by atoms with Crippen molar-refractivity contribution < 1.29 is 24.2 Å². The first kappa shape index (κ1) is 18.6. The van der Waals surface area contributed by atoms with Gasteiger partial charge in [0, 0.05) is 16.8 Å². The lowest BCUT2D eigenvalue weighted by Gasteiger charge is -2.11. The van der Waals surface area contributed by atoms with Gasteiger partial charge in [0.2, 0.25) is 0 Å². The number of carboxylic acids is 1. The Morgan fingerprint density at radius 3 is 2.32 bits per heavy atom. The molecule has 25 heavy (non-hydrogen) atoms. The van der Waals surface area contributed by atoms with Gasteiger partial charge in [-0.25, -0.2) is 4.79 Å². The molecule has 0 spiro atoms. The third kappa shape index (κ3) is 5.69. The average Bonchev–Trinajstić information content (AvgIpc) is 2.56. The Morgan fingerprint density at radius 2 is 1.68 bits per heavy atom. The van der Waals surface area contributed by atoms with Crippen LogP contribution in [-0.2, 0) is 9.59 Å². The number of hydrogen-bond acceptors (Lipinski definition) is 4. The minimum absolute atomic E-state index is 0.166. The summed E-state index contributed by atoms with van der Waals surface area (Å²) in [4.78, 5) is 22.5. The lowest BCUT2D eigenvalue weighted by atomic mass is 10.1. The summed E-state index contributed by atoms with van der Waals surface area (Å²) in [6.45, 7) is 3.12. The molecule has 0 fully saturated rings. The SMILES string of the molecule is Cc1cc(OCC(=O)Nc2cccc(OCC(=O)O)c2)cc(C)c1Cl. The highest BCUT2D eigenvalue weighted by molar-refractivity contribution is 6.32. The summed E-state index contributed by atoms with van der Waals surface area (Å²) in [7, 11) is 0. The molecule has 0 saturated carbocycles. The first-order chi connectivity index (χ1) is 11.8. The Balaban J connectivity index is 1.92. The molecule has 2 aromatic carbocycles. The minimum Gasteiger partial charge on any atom is -0.484 e. The lowest BCUT2D eigenvalue weighted by Crippen LogP contribution is -2.20. The third-order valence-electron chi connectivity index (χ3n) is 3.26. The fourth-order valence-electron chi connectivity index (χ4n) is 2.14. The molecule has 2 aromatic rings. The van der Waals surface area contributed by atoms with E-state index in [1.807, 2.05) is 13.8 Å². The van der Waals surface area contributed by atoms with Crippen molar-refractivity contribution in [3.8, 4) is 11.5 Å². The molecule has 0 aliphatic heterocycles. The second-order valence-electron chi connectivity index (χ2n) is 5.42. The molecule has 0 bridgehead atoms. The summed E-state index contributed by atoms with van der Waals surface area (Å²) in [5, 5.41) is 11.9. The number of anilines is 1. The Labute approximate surface area is 150 Å². The molecule has 0 aliphatic carbocycles. The van der Waals surface area contributed by atoms with Crippen LogP contribution in [0.15, 0.2) is 36.4 Å². The molecule has 0 saturated heterocycles. The summed E-state index contributed by atoms with van der Waals surface area (Å²) in [6.07, 6.45) is 0. The molecule has 0 radical (unpaired) electrons. The van der Waals surface area contributed by atoms with E-state index in [2.05, 4.69) is 5.32 Å². The first-order valence-electron chi connectivity index (χ1n) is 7.49. The summed E-state index contributed by atoms with van der Waals surface area (Å²) in [5.74, 6) is -0.504. The Kier molecular flexibility index (Phi) is 6.25. The van der Waals surface area contributed by atoms with Gasteiger partial charge in [0.05, 0.1) is 0 Å². The normalized spacial score (nSPS) is 10.2. The number of amides is 1. The number of carbonyl (C=O) groups is 2. The van der Waals surface area contributed by atoms with Gasteiger partial charge in [-0.2, -0.15) is 0 Å². The maximum absolute atomic E-state index is 12.0. The highest BCUT2D eigenvalue weighted by Gasteiger charge is 2.08. The van der Waals surface area contributed by atoms with Gasteiger partial charge < -0.3 is 19.9 Å². The fraction of sp³-hybridized carbons (Fsp3) is 0.222. The van der Waals surface area contributed by atoms with Crippen LogP contribution in [0.3, 0.4) is 0 Å². The molecular weight excluding hydrogens is 346 g/mol. The predicted octanol–water partition coefficient (Wildman–Crippen LogP) is 3.44. The molecule has 7 heteroatoms. The van der Waals surface area contributed by atoms with E-state index in [1.165, 1.54) is 6.07 Å². The van der Waals surface area contributed by atoms with Gasteiger partial charge in [-0.05, 0) is 49.2 Å². The molecule has 132 valence electrons. The quantitative estimate of drug-likeness (QED) is 0.787. The first-order valence-corrected chi connectivity index (χ1v) is 7.87. The number of rotatable bonds is 7. The number of halogens is 1. The van der Waals surface area contributed by atoms with E-state index in [0.29, 0.717) is 22.2 Å². The number of benzene rings is 2. The number of hydrogen-bond donors (Lipinski definition) is 2. The zero-order chi connectivity index (χ0) is 18.4. The van der Waals surface area contributed by atoms with Crippen molar-refractivity contribution in [3.63, 3.8) is 0 Å². The van der Waals surface area contributed by atoms with Crippen LogP contribution in [0.4, 0.5) is 5.69 Å². The number of nitrogens with one attached hydrogen (secondary N) is 1. The zero-order valence-electron chi connectivity index (χ0n) is 13.8. The van der Waals surface area contributed by atoms with E-state index in [9.17, 15) is 9.59 Å². The number of ether oxygens (including phenoxy) is 2. The average molecular weight is 364 g/mol. The van der Waals surface area contributed by atoms with E-state index in [0.717, 1.165) is 11.1 Å². The standard InChI is InChI=1S/C18H18ClNO5/c1-11-6-15(7-12(2)18(11)19)24-9-16(21)20-13-4-3-5-14(8-13)25-10-17(22)23/h3-8H,9-10H2,1-2H3,(H,20,21)(H,22,23). The molecule has 6 nitrogen and oxygen atoms in total. The van der Waals surface area contributed by atoms with Crippen LogP contribution < -0.4 is 14.8 Å². The van der Waals surface area contributed by atoms with Crippen LogP contribution >= 0.6 is 11.6 Å². The van der Waals surface area contributed by atoms with Crippen LogP contribution in [0.5, 0.6) is 11.5 Å². The highest BCUT2D eigenvalue weighted by atomic mass is 35.5. The van der Waals surface area contributed by atoms with Gasteiger partial charge in [0.15, 0.2) is 13.2 Å². The molecule has 2 rings (SSSR count). The maximum Gasteiger partial charge on any atom is 0.341 e. The highest BCUT2D eigenvalue weighted by Crippen LogP contribution is 2.25. The van der Waals surface area contributed by atoms with Gasteiger partial charge in [-0.15, -0.1) is 0 Å². The van der Waals surface area contributed by atoms with Crippen molar-refractivity contribution >= 4 is 29.2 Å². The molecule has 0 heterocycles. The molecule has 0 aromatic heterocycles. The van der Waals surface area contributed by atoms with E-state index in [-0.39, 0.29) is 12.5 Å². The summed E-state index contributed by atoms with van der Waals surface area (Å²) < 4.78 is 10.5. The maximum atomic E-state index is 12.0. The van der Waals surface area contributed by atoms with Crippen LogP contribution in [-0.4, -0.2) is 30.2 Å². The van der Waals surface area contributed by atoms with Gasteiger partial charge in [0.1, 0.15) is 11.5 Å². The van der Waals surface area contributed by atoms with Crippen molar-refractivity contribution in [3.05, 3.63) is 52.5 Å². The molecule has 0 unspecified atom stereocenters. The van der Waals surface area contributed by atoms with Crippen LogP contribution in [0.1, 0.15) is 11.1 Å². The lowest BCUT2D eigenvalue weighted by molar-refractivity contribution is -0.139. The molecular formula is C18H18ClNO5. The smallest absolute Gasteiger partial charge is 0.341 e. The second-order valence-corrected chi connectivity index (χ2v) is 5.80. The minimum atomic E-state index is -1.07. The van der Waals surface area contributed by atoms with Crippen molar-refractivity contribution in [2.24, 2.45) is 0 Å². The Morgan fingerprint density at radius 1 is 1.04 bits per heavy atom. The van der Waals surface area contributed by atoms with Crippen molar-refractivity contribution in [1.82, 2.24) is 0 Å². The van der Waals surface area contributed by atoms with Crippen molar-refractivity contribution in [2.45, 2.75) is 13.8 Å².